The second kappa shape index (κ2) is 6.93. The molecule has 0 atom stereocenters. The van der Waals surface area contributed by atoms with Crippen molar-refractivity contribution < 1.29 is 27.6 Å². The number of hydroxylamine groups is 1. The van der Waals surface area contributed by atoms with Gasteiger partial charge < -0.3 is 9.74 Å². The van der Waals surface area contributed by atoms with E-state index in [1.54, 1.807) is 32.9 Å². The van der Waals surface area contributed by atoms with E-state index in [9.17, 15) is 22.8 Å². The highest BCUT2D eigenvalue weighted by molar-refractivity contribution is 5.97. The average molecular weight is 358 g/mol. The molecule has 0 radical (unpaired) electrons. The van der Waals surface area contributed by atoms with E-state index in [4.69, 9.17) is 4.84 Å². The Morgan fingerprint density at radius 3 is 2.16 bits per heavy atom. The van der Waals surface area contributed by atoms with E-state index < -0.39 is 23.6 Å². The first-order valence-corrected chi connectivity index (χ1v) is 7.99. The van der Waals surface area contributed by atoms with E-state index in [0.717, 1.165) is 12.8 Å². The van der Waals surface area contributed by atoms with Gasteiger partial charge in [-0.2, -0.15) is 13.2 Å². The lowest BCUT2D eigenvalue weighted by Crippen LogP contribution is -2.46. The van der Waals surface area contributed by atoms with Crippen molar-refractivity contribution in [2.75, 3.05) is 18.2 Å². The summed E-state index contributed by atoms with van der Waals surface area (Å²) >= 11 is 0. The van der Waals surface area contributed by atoms with Crippen molar-refractivity contribution in [3.8, 4) is 0 Å². The molecule has 1 aliphatic heterocycles. The summed E-state index contributed by atoms with van der Waals surface area (Å²) in [6.07, 6.45) is -4.63. The van der Waals surface area contributed by atoms with Gasteiger partial charge in [0.1, 0.15) is 0 Å². The molecule has 2 rings (SSSR count). The zero-order chi connectivity index (χ0) is 18.8. The fourth-order valence-electron chi connectivity index (χ4n) is 2.64. The zero-order valence-electron chi connectivity index (χ0n) is 14.4. The molecule has 0 saturated carbocycles. The molecule has 1 saturated heterocycles. The number of halogens is 3. The number of anilines is 1. The second-order valence-electron chi connectivity index (χ2n) is 6.92. The molecule has 5 nitrogen and oxygen atoms in total. The summed E-state index contributed by atoms with van der Waals surface area (Å²) in [6, 6.07) is 6.09. The predicted octanol–water partition coefficient (Wildman–Crippen LogP) is 4.03. The van der Waals surface area contributed by atoms with Crippen LogP contribution in [0.2, 0.25) is 0 Å². The lowest BCUT2D eigenvalue weighted by Gasteiger charge is -2.30. The van der Waals surface area contributed by atoms with Crippen LogP contribution in [0.3, 0.4) is 0 Å². The van der Waals surface area contributed by atoms with Crippen molar-refractivity contribution >= 4 is 17.7 Å². The first kappa shape index (κ1) is 19.1. The molecule has 0 unspecified atom stereocenters. The maximum Gasteiger partial charge on any atom is 0.474 e. The van der Waals surface area contributed by atoms with Gasteiger partial charge in [0.25, 0.3) is 0 Å². The minimum Gasteiger partial charge on any atom is -0.313 e. The number of para-hydroxylation sites is 1. The summed E-state index contributed by atoms with van der Waals surface area (Å²) in [6.45, 7) is 6.18. The summed E-state index contributed by atoms with van der Waals surface area (Å²) in [5.74, 6) is -2.24. The molecule has 1 aromatic rings. The number of likely N-dealkylation sites (tertiary alicyclic amines) is 1. The Balaban J connectivity index is 2.42. The number of alkyl halides is 3. The Kier molecular flexibility index (Phi) is 5.29. The third kappa shape index (κ3) is 4.43. The third-order valence-corrected chi connectivity index (χ3v) is 3.89. The Morgan fingerprint density at radius 1 is 1.08 bits per heavy atom. The van der Waals surface area contributed by atoms with Crippen molar-refractivity contribution in [2.45, 2.75) is 45.2 Å². The lowest BCUT2D eigenvalue weighted by molar-refractivity contribution is -0.176. The summed E-state index contributed by atoms with van der Waals surface area (Å²) in [7, 11) is 0. The molecule has 0 aromatic heterocycles. The molecule has 138 valence electrons. The van der Waals surface area contributed by atoms with Gasteiger partial charge in [-0.1, -0.05) is 39.0 Å². The Bertz CT molecular complexity index is 647. The maximum absolute atomic E-state index is 13.0. The van der Waals surface area contributed by atoms with Crippen LogP contribution >= 0.6 is 0 Å². The molecule has 0 N–H and O–H groups in total. The van der Waals surface area contributed by atoms with Crippen LogP contribution < -0.4 is 5.06 Å². The first-order valence-electron chi connectivity index (χ1n) is 7.99. The van der Waals surface area contributed by atoms with Crippen LogP contribution in [0.4, 0.5) is 23.7 Å². The number of amides is 2. The van der Waals surface area contributed by atoms with E-state index in [-0.39, 0.29) is 10.8 Å². The van der Waals surface area contributed by atoms with E-state index in [2.05, 4.69) is 0 Å². The quantitative estimate of drug-likeness (QED) is 0.712. The van der Waals surface area contributed by atoms with Crippen molar-refractivity contribution in [3.05, 3.63) is 29.8 Å². The average Bonchev–Trinajstić information content (AvgIpc) is 3.04. The Morgan fingerprint density at radius 2 is 1.64 bits per heavy atom. The molecule has 2 amide bonds. The van der Waals surface area contributed by atoms with Gasteiger partial charge in [0.15, 0.2) is 0 Å². The highest BCUT2D eigenvalue weighted by atomic mass is 19.4. The molecule has 0 spiro atoms. The molecule has 0 aliphatic carbocycles. The van der Waals surface area contributed by atoms with Gasteiger partial charge in [-0.05, 0) is 29.9 Å². The van der Waals surface area contributed by atoms with E-state index in [1.165, 1.54) is 17.0 Å². The van der Waals surface area contributed by atoms with Crippen LogP contribution in [-0.2, 0) is 15.0 Å². The first-order chi connectivity index (χ1) is 11.5. The normalized spacial score (nSPS) is 15.2. The molecule has 0 bridgehead atoms. The molecule has 1 aliphatic rings. The summed E-state index contributed by atoms with van der Waals surface area (Å²) in [5, 5.41) is 0.0707. The fourth-order valence-corrected chi connectivity index (χ4v) is 2.64. The van der Waals surface area contributed by atoms with Crippen LogP contribution in [0.25, 0.3) is 0 Å². The molecule has 1 fully saturated rings. The molecule has 25 heavy (non-hydrogen) atoms. The number of carbonyl (C=O) groups is 2. The predicted molar refractivity (Wildman–Crippen MR) is 86.0 cm³/mol. The lowest BCUT2D eigenvalue weighted by atomic mass is 9.85. The van der Waals surface area contributed by atoms with Gasteiger partial charge in [-0.25, -0.2) is 4.79 Å². The summed E-state index contributed by atoms with van der Waals surface area (Å²) < 4.78 is 39.1. The minimum absolute atomic E-state index is 0.0707. The van der Waals surface area contributed by atoms with E-state index in [1.807, 2.05) is 0 Å². The van der Waals surface area contributed by atoms with Crippen molar-refractivity contribution in [1.82, 2.24) is 4.90 Å². The van der Waals surface area contributed by atoms with Crippen LogP contribution in [0.1, 0.15) is 39.2 Å². The SMILES string of the molecule is CC(C)(C)c1ccccc1N(OC(=O)N1CCCC1)C(=O)C(F)(F)F. The van der Waals surface area contributed by atoms with Gasteiger partial charge in [0, 0.05) is 13.1 Å². The number of hydrogen-bond acceptors (Lipinski definition) is 3. The van der Waals surface area contributed by atoms with Gasteiger partial charge in [-0.3, -0.25) is 4.79 Å². The highest BCUT2D eigenvalue weighted by Gasteiger charge is 2.46. The molecular formula is C17H21F3N2O3. The van der Waals surface area contributed by atoms with Gasteiger partial charge in [0.2, 0.25) is 0 Å². The largest absolute Gasteiger partial charge is 0.474 e. The number of benzene rings is 1. The number of hydrogen-bond donors (Lipinski definition) is 0. The van der Waals surface area contributed by atoms with Gasteiger partial charge in [0.05, 0.1) is 5.69 Å². The second-order valence-corrected chi connectivity index (χ2v) is 6.92. The van der Waals surface area contributed by atoms with Crippen LogP contribution in [0.15, 0.2) is 24.3 Å². The standard InChI is InChI=1S/C17H21F3N2O3/c1-16(2,3)12-8-4-5-9-13(12)22(14(23)17(18,19)20)25-15(24)21-10-6-7-11-21/h4-5,8-9H,6-7,10-11H2,1-3H3. The van der Waals surface area contributed by atoms with Crippen LogP contribution in [0, 0.1) is 0 Å². The number of carbonyl (C=O) groups excluding carboxylic acids is 2. The van der Waals surface area contributed by atoms with Crippen LogP contribution in [-0.4, -0.2) is 36.2 Å². The van der Waals surface area contributed by atoms with Crippen molar-refractivity contribution in [3.63, 3.8) is 0 Å². The molecular weight excluding hydrogens is 337 g/mol. The number of rotatable bonds is 1. The monoisotopic (exact) mass is 358 g/mol. The van der Waals surface area contributed by atoms with E-state index >= 15 is 0 Å². The Hall–Kier alpha value is -2.25. The summed E-state index contributed by atoms with van der Waals surface area (Å²) in [4.78, 5) is 30.2. The third-order valence-electron chi connectivity index (χ3n) is 3.89. The van der Waals surface area contributed by atoms with Crippen molar-refractivity contribution in [1.29, 1.82) is 0 Å². The smallest absolute Gasteiger partial charge is 0.313 e. The van der Waals surface area contributed by atoms with Crippen molar-refractivity contribution in [2.24, 2.45) is 0 Å². The fraction of sp³-hybridized carbons (Fsp3) is 0.529. The van der Waals surface area contributed by atoms with Gasteiger partial charge in [-0.15, -0.1) is 5.06 Å². The maximum atomic E-state index is 13.0. The minimum atomic E-state index is -5.17. The summed E-state index contributed by atoms with van der Waals surface area (Å²) in [5.41, 5.74) is -0.187. The number of nitrogens with zero attached hydrogens (tertiary/aromatic N) is 2. The van der Waals surface area contributed by atoms with Gasteiger partial charge >= 0.3 is 18.2 Å². The zero-order valence-corrected chi connectivity index (χ0v) is 14.4. The van der Waals surface area contributed by atoms with E-state index in [0.29, 0.717) is 18.7 Å². The van der Waals surface area contributed by atoms with Crippen LogP contribution in [0.5, 0.6) is 0 Å². The molecule has 1 aromatic carbocycles. The highest BCUT2D eigenvalue weighted by Crippen LogP contribution is 2.34. The topological polar surface area (TPSA) is 49.9 Å². The molecule has 1 heterocycles. The molecule has 8 heteroatoms. The Labute approximate surface area is 144 Å².